The number of anilines is 1. The first-order valence-corrected chi connectivity index (χ1v) is 7.95. The second-order valence-corrected chi connectivity index (χ2v) is 6.03. The van der Waals surface area contributed by atoms with Crippen LogP contribution in [0.4, 0.5) is 5.69 Å². The number of carbonyl (C=O) groups is 3. The lowest BCUT2D eigenvalue weighted by molar-refractivity contribution is -0.121. The quantitative estimate of drug-likeness (QED) is 0.610. The Morgan fingerprint density at radius 3 is 2.58 bits per heavy atom. The first kappa shape index (κ1) is 16.3. The molecule has 2 N–H and O–H groups in total. The highest BCUT2D eigenvalue weighted by Crippen LogP contribution is 2.24. The fraction of sp³-hybridized carbons (Fsp3) is 0.125. The summed E-state index contributed by atoms with van der Waals surface area (Å²) < 4.78 is 0.850. The number of aromatic nitrogens is 1. The standard InChI is InChI=1S/C16H13BrN4O3/c17-10-4-6-11(7-5-10)21-14(22)9-13(16(21)24)19-20-15(23)12-3-1-2-8-18-12/h1-8,13,19H,9H2,(H,20,23)/t13-/m0/s1. The first-order chi connectivity index (χ1) is 11.6. The molecule has 3 rings (SSSR count). The van der Waals surface area contributed by atoms with Crippen molar-refractivity contribution in [2.45, 2.75) is 12.5 Å². The molecule has 0 aliphatic carbocycles. The van der Waals surface area contributed by atoms with Gasteiger partial charge in [-0.05, 0) is 36.4 Å². The number of hydrazine groups is 1. The van der Waals surface area contributed by atoms with Crippen LogP contribution < -0.4 is 15.8 Å². The molecule has 0 saturated carbocycles. The van der Waals surface area contributed by atoms with Crippen LogP contribution in [0.15, 0.2) is 53.1 Å². The van der Waals surface area contributed by atoms with Crippen LogP contribution in [0, 0.1) is 0 Å². The van der Waals surface area contributed by atoms with Crippen molar-refractivity contribution in [3.8, 4) is 0 Å². The summed E-state index contributed by atoms with van der Waals surface area (Å²) in [6, 6.07) is 11.0. The largest absolute Gasteiger partial charge is 0.285 e. The lowest BCUT2D eigenvalue weighted by Gasteiger charge is -2.16. The van der Waals surface area contributed by atoms with Crippen molar-refractivity contribution in [2.75, 3.05) is 4.90 Å². The molecule has 1 fully saturated rings. The Kier molecular flexibility index (Phi) is 4.68. The fourth-order valence-electron chi connectivity index (χ4n) is 2.32. The molecule has 1 aliphatic heterocycles. The molecule has 0 unspecified atom stereocenters. The molecule has 24 heavy (non-hydrogen) atoms. The number of nitrogens with one attached hydrogen (secondary N) is 2. The zero-order valence-electron chi connectivity index (χ0n) is 12.4. The number of benzene rings is 1. The minimum atomic E-state index is -0.811. The number of carbonyl (C=O) groups excluding carboxylic acids is 3. The SMILES string of the molecule is O=C(NN[C@H]1CC(=O)N(c2ccc(Br)cc2)C1=O)c1ccccn1. The molecule has 1 saturated heterocycles. The third-order valence-electron chi connectivity index (χ3n) is 3.49. The molecule has 0 radical (unpaired) electrons. The van der Waals surface area contributed by atoms with E-state index >= 15 is 0 Å². The zero-order valence-corrected chi connectivity index (χ0v) is 14.0. The summed E-state index contributed by atoms with van der Waals surface area (Å²) >= 11 is 3.30. The van der Waals surface area contributed by atoms with E-state index in [0.717, 1.165) is 9.37 Å². The number of halogens is 1. The number of nitrogens with zero attached hydrogens (tertiary/aromatic N) is 2. The molecule has 7 nitrogen and oxygen atoms in total. The Balaban J connectivity index is 1.66. The molecule has 122 valence electrons. The van der Waals surface area contributed by atoms with Crippen molar-refractivity contribution in [3.63, 3.8) is 0 Å². The Morgan fingerprint density at radius 1 is 1.17 bits per heavy atom. The predicted molar refractivity (Wildman–Crippen MR) is 89.9 cm³/mol. The van der Waals surface area contributed by atoms with E-state index in [4.69, 9.17) is 0 Å². The van der Waals surface area contributed by atoms with Gasteiger partial charge in [-0.15, -0.1) is 0 Å². The van der Waals surface area contributed by atoms with Crippen molar-refractivity contribution < 1.29 is 14.4 Å². The van der Waals surface area contributed by atoms with Gasteiger partial charge in [-0.3, -0.25) is 24.8 Å². The normalized spacial score (nSPS) is 17.2. The van der Waals surface area contributed by atoms with E-state index in [2.05, 4.69) is 31.8 Å². The summed E-state index contributed by atoms with van der Waals surface area (Å²) in [5.74, 6) is -1.21. The fourth-order valence-corrected chi connectivity index (χ4v) is 2.58. The van der Waals surface area contributed by atoms with E-state index in [-0.39, 0.29) is 18.0 Å². The van der Waals surface area contributed by atoms with E-state index in [9.17, 15) is 14.4 Å². The summed E-state index contributed by atoms with van der Waals surface area (Å²) in [5.41, 5.74) is 5.73. The minimum absolute atomic E-state index is 0.0304. The van der Waals surface area contributed by atoms with Crippen LogP contribution >= 0.6 is 15.9 Å². The van der Waals surface area contributed by atoms with Gasteiger partial charge in [0.1, 0.15) is 11.7 Å². The van der Waals surface area contributed by atoms with Crippen molar-refractivity contribution in [3.05, 3.63) is 58.8 Å². The first-order valence-electron chi connectivity index (χ1n) is 7.15. The predicted octanol–water partition coefficient (Wildman–Crippen LogP) is 1.41. The molecule has 1 aliphatic rings. The second kappa shape index (κ2) is 6.90. The molecule has 8 heteroatoms. The third kappa shape index (κ3) is 3.34. The summed E-state index contributed by atoms with van der Waals surface area (Å²) in [5, 5.41) is 0. The van der Waals surface area contributed by atoms with Crippen molar-refractivity contribution in [1.82, 2.24) is 15.8 Å². The lowest BCUT2D eigenvalue weighted by Crippen LogP contribution is -2.48. The Morgan fingerprint density at radius 2 is 1.92 bits per heavy atom. The molecule has 1 atom stereocenters. The van der Waals surface area contributed by atoms with Crippen LogP contribution in [-0.2, 0) is 9.59 Å². The molecule has 1 aromatic heterocycles. The third-order valence-corrected chi connectivity index (χ3v) is 4.02. The maximum atomic E-state index is 12.4. The van der Waals surface area contributed by atoms with E-state index in [1.807, 2.05) is 0 Å². The maximum Gasteiger partial charge on any atom is 0.283 e. The van der Waals surface area contributed by atoms with Gasteiger partial charge in [0, 0.05) is 10.7 Å². The van der Waals surface area contributed by atoms with Gasteiger partial charge < -0.3 is 0 Å². The van der Waals surface area contributed by atoms with E-state index in [0.29, 0.717) is 5.69 Å². The number of imide groups is 1. The summed E-state index contributed by atoms with van der Waals surface area (Å²) in [6.07, 6.45) is 1.46. The van der Waals surface area contributed by atoms with Crippen LogP contribution in [0.25, 0.3) is 0 Å². The van der Waals surface area contributed by atoms with E-state index in [1.165, 1.54) is 6.20 Å². The van der Waals surface area contributed by atoms with Gasteiger partial charge in [-0.1, -0.05) is 22.0 Å². The second-order valence-electron chi connectivity index (χ2n) is 5.11. The van der Waals surface area contributed by atoms with Crippen LogP contribution in [0.5, 0.6) is 0 Å². The summed E-state index contributed by atoms with van der Waals surface area (Å²) in [7, 11) is 0. The van der Waals surface area contributed by atoms with Gasteiger partial charge >= 0.3 is 0 Å². The molecular weight excluding hydrogens is 376 g/mol. The van der Waals surface area contributed by atoms with E-state index in [1.54, 1.807) is 42.5 Å². The van der Waals surface area contributed by atoms with Crippen molar-refractivity contribution >= 4 is 39.3 Å². The van der Waals surface area contributed by atoms with Gasteiger partial charge in [0.2, 0.25) is 5.91 Å². The monoisotopic (exact) mass is 388 g/mol. The number of hydrogen-bond acceptors (Lipinski definition) is 5. The van der Waals surface area contributed by atoms with Crippen LogP contribution in [0.3, 0.4) is 0 Å². The number of hydrogen-bond donors (Lipinski definition) is 2. The average molecular weight is 389 g/mol. The van der Waals surface area contributed by atoms with Gasteiger partial charge in [0.25, 0.3) is 11.8 Å². The van der Waals surface area contributed by atoms with Crippen LogP contribution in [0.2, 0.25) is 0 Å². The van der Waals surface area contributed by atoms with Gasteiger partial charge in [-0.2, -0.15) is 0 Å². The van der Waals surface area contributed by atoms with Gasteiger partial charge in [-0.25, -0.2) is 10.3 Å². The number of rotatable bonds is 4. The molecule has 0 spiro atoms. The highest BCUT2D eigenvalue weighted by molar-refractivity contribution is 9.10. The molecular formula is C16H13BrN4O3. The Labute approximate surface area is 146 Å². The lowest BCUT2D eigenvalue weighted by atomic mass is 10.2. The van der Waals surface area contributed by atoms with Gasteiger partial charge in [0.05, 0.1) is 12.1 Å². The minimum Gasteiger partial charge on any atom is -0.285 e. The van der Waals surface area contributed by atoms with Crippen molar-refractivity contribution in [1.29, 1.82) is 0 Å². The van der Waals surface area contributed by atoms with Gasteiger partial charge in [0.15, 0.2) is 0 Å². The molecule has 2 aromatic rings. The highest BCUT2D eigenvalue weighted by Gasteiger charge is 2.39. The summed E-state index contributed by atoms with van der Waals surface area (Å²) in [4.78, 5) is 41.5. The zero-order chi connectivity index (χ0) is 17.1. The van der Waals surface area contributed by atoms with Crippen LogP contribution in [-0.4, -0.2) is 28.7 Å². The van der Waals surface area contributed by atoms with Crippen molar-refractivity contribution in [2.24, 2.45) is 0 Å². The maximum absolute atomic E-state index is 12.4. The molecule has 1 aromatic carbocycles. The van der Waals surface area contributed by atoms with Crippen LogP contribution in [0.1, 0.15) is 16.9 Å². The Bertz CT molecular complexity index is 780. The molecule has 0 bridgehead atoms. The Hall–Kier alpha value is -2.58. The highest BCUT2D eigenvalue weighted by atomic mass is 79.9. The topological polar surface area (TPSA) is 91.4 Å². The summed E-state index contributed by atoms with van der Waals surface area (Å²) in [6.45, 7) is 0. The smallest absolute Gasteiger partial charge is 0.283 e. The number of amides is 3. The molecule has 3 amide bonds. The average Bonchev–Trinajstić information content (AvgIpc) is 2.88. The number of pyridine rings is 1. The van der Waals surface area contributed by atoms with E-state index < -0.39 is 17.9 Å². The molecule has 2 heterocycles.